The van der Waals surface area contributed by atoms with E-state index < -0.39 is 5.97 Å². The monoisotopic (exact) mass is 255 g/mol. The van der Waals surface area contributed by atoms with Crippen LogP contribution in [0.5, 0.6) is 0 Å². The molecule has 0 aliphatic heterocycles. The van der Waals surface area contributed by atoms with E-state index >= 15 is 0 Å². The topological polar surface area (TPSA) is 82.5 Å². The van der Waals surface area contributed by atoms with Crippen molar-refractivity contribution in [3.05, 3.63) is 16.6 Å². The molecule has 7 heteroatoms. The number of hydrogen-bond donors (Lipinski definition) is 2. The van der Waals surface area contributed by atoms with E-state index in [0.717, 1.165) is 17.7 Å². The molecule has 92 valence electrons. The van der Waals surface area contributed by atoms with Crippen molar-refractivity contribution in [2.75, 3.05) is 6.54 Å². The summed E-state index contributed by atoms with van der Waals surface area (Å²) in [5.41, 5.74) is 1.69. The van der Waals surface area contributed by atoms with Crippen LogP contribution in [0.1, 0.15) is 17.7 Å². The first-order valence-electron chi connectivity index (χ1n) is 5.30. The quantitative estimate of drug-likeness (QED) is 0.819. The zero-order valence-corrected chi connectivity index (χ0v) is 9.94. The molecule has 0 aromatic carbocycles. The summed E-state index contributed by atoms with van der Waals surface area (Å²) < 4.78 is 0. The molecule has 6 nitrogen and oxygen atoms in total. The van der Waals surface area contributed by atoms with Crippen LogP contribution in [0.3, 0.4) is 0 Å². The van der Waals surface area contributed by atoms with Crippen LogP contribution in [0.25, 0.3) is 0 Å². The molecule has 2 N–H and O–H groups in total. The summed E-state index contributed by atoms with van der Waals surface area (Å²) >= 11 is 1.45. The van der Waals surface area contributed by atoms with E-state index in [9.17, 15) is 9.59 Å². The summed E-state index contributed by atoms with van der Waals surface area (Å²) in [7, 11) is 0. The second-order valence-electron chi connectivity index (χ2n) is 3.88. The molecule has 1 fully saturated rings. The van der Waals surface area contributed by atoms with Crippen LogP contribution >= 0.6 is 11.3 Å². The number of urea groups is 1. The molecule has 0 atom stereocenters. The maximum absolute atomic E-state index is 11.8. The van der Waals surface area contributed by atoms with Gasteiger partial charge in [0.2, 0.25) is 0 Å². The lowest BCUT2D eigenvalue weighted by Gasteiger charge is -2.20. The van der Waals surface area contributed by atoms with E-state index in [1.807, 2.05) is 0 Å². The van der Waals surface area contributed by atoms with Gasteiger partial charge in [0, 0.05) is 17.1 Å². The largest absolute Gasteiger partial charge is 0.480 e. The summed E-state index contributed by atoms with van der Waals surface area (Å²) in [4.78, 5) is 28.7. The van der Waals surface area contributed by atoms with Crippen molar-refractivity contribution in [2.24, 2.45) is 0 Å². The third-order valence-corrected chi connectivity index (χ3v) is 3.23. The van der Waals surface area contributed by atoms with Crippen molar-refractivity contribution in [3.63, 3.8) is 0 Å². The highest BCUT2D eigenvalue weighted by Gasteiger charge is 2.33. The molecule has 0 spiro atoms. The Kier molecular flexibility index (Phi) is 3.58. The molecule has 2 rings (SSSR count). The van der Waals surface area contributed by atoms with Crippen molar-refractivity contribution in [3.8, 4) is 0 Å². The average Bonchev–Trinajstić information content (AvgIpc) is 2.99. The standard InChI is InChI=1S/C10H13N3O3S/c14-9(15)5-13(7-1-2-7)10(16)12-4-8-3-11-6-17-8/h3,6-7H,1-2,4-5H2,(H,12,16)(H,14,15). The van der Waals surface area contributed by atoms with Gasteiger partial charge in [-0.05, 0) is 12.8 Å². The number of carboxylic acids is 1. The molecule has 17 heavy (non-hydrogen) atoms. The van der Waals surface area contributed by atoms with E-state index in [0.29, 0.717) is 6.54 Å². The molecule has 1 aromatic rings. The summed E-state index contributed by atoms with van der Waals surface area (Å²) in [6.45, 7) is 0.158. The normalized spacial score (nSPS) is 14.4. The third-order valence-electron chi connectivity index (χ3n) is 2.45. The number of nitrogens with zero attached hydrogens (tertiary/aromatic N) is 2. The first-order valence-corrected chi connectivity index (χ1v) is 6.18. The third kappa shape index (κ3) is 3.42. The highest BCUT2D eigenvalue weighted by atomic mass is 32.1. The van der Waals surface area contributed by atoms with Crippen LogP contribution in [0.4, 0.5) is 4.79 Å². The Morgan fingerprint density at radius 3 is 2.88 bits per heavy atom. The summed E-state index contributed by atoms with van der Waals surface area (Å²) in [5, 5.41) is 11.4. The number of amides is 2. The fourth-order valence-corrected chi connectivity index (χ4v) is 2.03. The van der Waals surface area contributed by atoms with Gasteiger partial charge in [-0.3, -0.25) is 9.78 Å². The number of hydrogen-bond acceptors (Lipinski definition) is 4. The molecule has 1 heterocycles. The maximum Gasteiger partial charge on any atom is 0.323 e. The second kappa shape index (κ2) is 5.13. The summed E-state index contributed by atoms with van der Waals surface area (Å²) in [6, 6.07) is -0.226. The van der Waals surface area contributed by atoms with Gasteiger partial charge < -0.3 is 15.3 Å². The van der Waals surface area contributed by atoms with E-state index in [1.165, 1.54) is 16.2 Å². The van der Waals surface area contributed by atoms with Crippen molar-refractivity contribution in [2.45, 2.75) is 25.4 Å². The molecule has 1 aliphatic carbocycles. The maximum atomic E-state index is 11.8. The first-order chi connectivity index (χ1) is 8.16. The number of rotatable bonds is 5. The molecule has 0 unspecified atom stereocenters. The van der Waals surface area contributed by atoms with Crippen LogP contribution in [0.2, 0.25) is 0 Å². The Labute approximate surface area is 102 Å². The second-order valence-corrected chi connectivity index (χ2v) is 4.85. The SMILES string of the molecule is O=C(O)CN(C(=O)NCc1cncs1)C1CC1. The number of thiazole rings is 1. The lowest BCUT2D eigenvalue weighted by molar-refractivity contribution is -0.137. The van der Waals surface area contributed by atoms with E-state index in [2.05, 4.69) is 10.3 Å². The molecule has 2 amide bonds. The minimum Gasteiger partial charge on any atom is -0.480 e. The van der Waals surface area contributed by atoms with Crippen LogP contribution in [-0.2, 0) is 11.3 Å². The predicted octanol–water partition coefficient (Wildman–Crippen LogP) is 0.902. The van der Waals surface area contributed by atoms with Gasteiger partial charge in [0.05, 0.1) is 12.1 Å². The lowest BCUT2D eigenvalue weighted by Crippen LogP contribution is -2.43. The molecule has 0 bridgehead atoms. The zero-order chi connectivity index (χ0) is 12.3. The van der Waals surface area contributed by atoms with E-state index in [-0.39, 0.29) is 18.6 Å². The van der Waals surface area contributed by atoms with Crippen LogP contribution in [-0.4, -0.2) is 39.6 Å². The zero-order valence-electron chi connectivity index (χ0n) is 9.13. The molecule has 1 saturated carbocycles. The Hall–Kier alpha value is -1.63. The van der Waals surface area contributed by atoms with Gasteiger partial charge in [-0.1, -0.05) is 0 Å². The van der Waals surface area contributed by atoms with Crippen molar-refractivity contribution in [1.29, 1.82) is 0 Å². The van der Waals surface area contributed by atoms with Gasteiger partial charge >= 0.3 is 12.0 Å². The number of aliphatic carboxylic acids is 1. The minimum atomic E-state index is -0.982. The van der Waals surface area contributed by atoms with Crippen LogP contribution in [0.15, 0.2) is 11.7 Å². The van der Waals surface area contributed by atoms with Crippen molar-refractivity contribution >= 4 is 23.3 Å². The molecule has 1 aromatic heterocycles. The Bertz CT molecular complexity index is 403. The number of nitrogens with one attached hydrogen (secondary N) is 1. The van der Waals surface area contributed by atoms with Gasteiger partial charge in [-0.25, -0.2) is 4.79 Å². The smallest absolute Gasteiger partial charge is 0.323 e. The van der Waals surface area contributed by atoms with Gasteiger partial charge in [0.1, 0.15) is 6.54 Å². The van der Waals surface area contributed by atoms with E-state index in [1.54, 1.807) is 11.7 Å². The van der Waals surface area contributed by atoms with Crippen molar-refractivity contribution in [1.82, 2.24) is 15.2 Å². The number of aromatic nitrogens is 1. The molecule has 1 aliphatic rings. The average molecular weight is 255 g/mol. The number of carbonyl (C=O) groups excluding carboxylic acids is 1. The Balaban J connectivity index is 1.85. The molecular formula is C10H13N3O3S. The highest BCUT2D eigenvalue weighted by molar-refractivity contribution is 7.09. The van der Waals surface area contributed by atoms with Crippen molar-refractivity contribution < 1.29 is 14.7 Å². The fourth-order valence-electron chi connectivity index (χ4n) is 1.49. The summed E-state index contributed by atoms with van der Waals surface area (Å²) in [6.07, 6.45) is 3.46. The minimum absolute atomic E-state index is 0.0903. The van der Waals surface area contributed by atoms with E-state index in [4.69, 9.17) is 5.11 Å². The predicted molar refractivity (Wildman–Crippen MR) is 61.7 cm³/mol. The summed E-state index contributed by atoms with van der Waals surface area (Å²) in [5.74, 6) is -0.982. The Morgan fingerprint density at radius 2 is 2.35 bits per heavy atom. The van der Waals surface area contributed by atoms with Gasteiger partial charge in [-0.2, -0.15) is 0 Å². The first kappa shape index (κ1) is 11.8. The van der Waals surface area contributed by atoms with Gasteiger partial charge in [-0.15, -0.1) is 11.3 Å². The molecule has 0 saturated heterocycles. The molecule has 0 radical (unpaired) electrons. The highest BCUT2D eigenvalue weighted by Crippen LogP contribution is 2.26. The fraction of sp³-hybridized carbons (Fsp3) is 0.500. The van der Waals surface area contributed by atoms with Crippen LogP contribution in [0, 0.1) is 0 Å². The van der Waals surface area contributed by atoms with Gasteiger partial charge in [0.15, 0.2) is 0 Å². The molecular weight excluding hydrogens is 242 g/mol. The number of carbonyl (C=O) groups is 2. The van der Waals surface area contributed by atoms with Gasteiger partial charge in [0.25, 0.3) is 0 Å². The van der Waals surface area contributed by atoms with Crippen LogP contribution < -0.4 is 5.32 Å². The lowest BCUT2D eigenvalue weighted by atomic mass is 10.4. The number of carboxylic acid groups (broad SMARTS) is 1. The Morgan fingerprint density at radius 1 is 1.59 bits per heavy atom.